The molecule has 0 amide bonds. The minimum Gasteiger partial charge on any atom is -0.496 e. The first kappa shape index (κ1) is 23.0. The van der Waals surface area contributed by atoms with E-state index in [9.17, 15) is 13.6 Å². The van der Waals surface area contributed by atoms with E-state index >= 15 is 0 Å². The topological polar surface area (TPSA) is 44.8 Å². The minimum atomic E-state index is -2.95. The first-order valence-electron chi connectivity index (χ1n) is 10.0. The van der Waals surface area contributed by atoms with Crippen LogP contribution in [-0.2, 0) is 6.61 Å². The molecule has 3 aromatic carbocycles. The van der Waals surface area contributed by atoms with Gasteiger partial charge in [0.15, 0.2) is 5.78 Å². The smallest absolute Gasteiger partial charge is 0.387 e. The van der Waals surface area contributed by atoms with Crippen LogP contribution in [0.3, 0.4) is 0 Å². The van der Waals surface area contributed by atoms with Crippen molar-refractivity contribution in [1.29, 1.82) is 0 Å². The van der Waals surface area contributed by atoms with Crippen LogP contribution >= 0.6 is 0 Å². The summed E-state index contributed by atoms with van der Waals surface area (Å²) >= 11 is 0. The van der Waals surface area contributed by atoms with Crippen molar-refractivity contribution in [2.75, 3.05) is 7.11 Å². The van der Waals surface area contributed by atoms with Crippen molar-refractivity contribution in [3.63, 3.8) is 0 Å². The predicted molar refractivity (Wildman–Crippen MR) is 120 cm³/mol. The number of methoxy groups -OCH3 is 1. The third kappa shape index (κ3) is 5.94. The van der Waals surface area contributed by atoms with Gasteiger partial charge in [-0.3, -0.25) is 4.79 Å². The summed E-state index contributed by atoms with van der Waals surface area (Å²) in [5.41, 5.74) is 3.95. The lowest BCUT2D eigenvalue weighted by Gasteiger charge is -2.14. The molecule has 0 spiro atoms. The van der Waals surface area contributed by atoms with E-state index in [-0.39, 0.29) is 17.1 Å². The molecule has 0 saturated carbocycles. The van der Waals surface area contributed by atoms with Crippen molar-refractivity contribution < 1.29 is 27.8 Å². The number of carbonyl (C=O) groups is 1. The fraction of sp³-hybridized carbons (Fsp3) is 0.192. The molecule has 4 nitrogen and oxygen atoms in total. The highest BCUT2D eigenvalue weighted by Gasteiger charge is 2.10. The molecule has 6 heteroatoms. The molecular formula is C26H24F2O4. The number of aryl methyl sites for hydroxylation is 2. The van der Waals surface area contributed by atoms with Gasteiger partial charge in [0.05, 0.1) is 7.11 Å². The fourth-order valence-corrected chi connectivity index (χ4v) is 3.29. The zero-order chi connectivity index (χ0) is 23.1. The largest absolute Gasteiger partial charge is 0.496 e. The summed E-state index contributed by atoms with van der Waals surface area (Å²) in [5.74, 6) is 1.12. The predicted octanol–water partition coefficient (Wildman–Crippen LogP) is 6.39. The van der Waals surface area contributed by atoms with Crippen LogP contribution in [0.15, 0.2) is 66.7 Å². The van der Waals surface area contributed by atoms with E-state index in [2.05, 4.69) is 4.74 Å². The van der Waals surface area contributed by atoms with Gasteiger partial charge < -0.3 is 14.2 Å². The van der Waals surface area contributed by atoms with Crippen molar-refractivity contribution in [3.05, 3.63) is 94.6 Å². The zero-order valence-corrected chi connectivity index (χ0v) is 18.1. The van der Waals surface area contributed by atoms with Gasteiger partial charge >= 0.3 is 6.61 Å². The van der Waals surface area contributed by atoms with Crippen LogP contribution in [0, 0.1) is 13.8 Å². The van der Waals surface area contributed by atoms with Crippen molar-refractivity contribution in [2.45, 2.75) is 27.1 Å². The van der Waals surface area contributed by atoms with E-state index in [1.165, 1.54) is 24.3 Å². The quantitative estimate of drug-likeness (QED) is 0.287. The molecule has 0 aliphatic heterocycles. The molecule has 32 heavy (non-hydrogen) atoms. The first-order valence-corrected chi connectivity index (χ1v) is 10.0. The van der Waals surface area contributed by atoms with E-state index in [1.54, 1.807) is 19.3 Å². The summed E-state index contributed by atoms with van der Waals surface area (Å²) in [7, 11) is 1.59. The van der Waals surface area contributed by atoms with E-state index in [1.807, 2.05) is 50.2 Å². The average Bonchev–Trinajstić information content (AvgIpc) is 2.77. The Hall–Kier alpha value is -3.67. The molecule has 0 heterocycles. The molecule has 0 aliphatic carbocycles. The second-order valence-electron chi connectivity index (χ2n) is 7.18. The summed E-state index contributed by atoms with van der Waals surface area (Å²) in [6.45, 7) is 1.34. The third-order valence-electron chi connectivity index (χ3n) is 4.86. The zero-order valence-electron chi connectivity index (χ0n) is 18.1. The highest BCUT2D eigenvalue weighted by molar-refractivity contribution is 6.07. The number of ketones is 1. The third-order valence-corrected chi connectivity index (χ3v) is 4.86. The number of carbonyl (C=O) groups excluding carboxylic acids is 1. The number of hydrogen-bond donors (Lipinski definition) is 0. The highest BCUT2D eigenvalue weighted by Crippen LogP contribution is 2.27. The summed E-state index contributed by atoms with van der Waals surface area (Å²) in [5, 5.41) is 0. The molecule has 0 aliphatic rings. The number of rotatable bonds is 9. The molecule has 0 aromatic heterocycles. The molecule has 3 aromatic rings. The van der Waals surface area contributed by atoms with Crippen molar-refractivity contribution in [2.24, 2.45) is 0 Å². The van der Waals surface area contributed by atoms with Gasteiger partial charge in [0.1, 0.15) is 23.9 Å². The monoisotopic (exact) mass is 438 g/mol. The van der Waals surface area contributed by atoms with E-state index in [0.29, 0.717) is 12.4 Å². The van der Waals surface area contributed by atoms with Gasteiger partial charge in [0.25, 0.3) is 0 Å². The Morgan fingerprint density at radius 2 is 1.72 bits per heavy atom. The van der Waals surface area contributed by atoms with Gasteiger partial charge in [0.2, 0.25) is 0 Å². The standard InChI is InChI=1S/C26H24F2O4/c1-17-6-4-7-18(2)25(17)31-16-21-14-19(11-13-24(21)30-3)10-12-23(29)20-8-5-9-22(15-20)32-26(27)28/h4-15,26H,16H2,1-3H3/b12-10+. The molecule has 3 rings (SSSR count). The van der Waals surface area contributed by atoms with Gasteiger partial charge in [-0.05, 0) is 60.9 Å². The number of benzene rings is 3. The maximum atomic E-state index is 12.5. The number of alkyl halides is 2. The number of allylic oxidation sites excluding steroid dienone is 1. The van der Waals surface area contributed by atoms with Crippen LogP contribution in [0.1, 0.15) is 32.6 Å². The van der Waals surface area contributed by atoms with Gasteiger partial charge in [-0.1, -0.05) is 42.5 Å². The lowest BCUT2D eigenvalue weighted by Crippen LogP contribution is -2.03. The van der Waals surface area contributed by atoms with Crippen molar-refractivity contribution in [1.82, 2.24) is 0 Å². The second-order valence-corrected chi connectivity index (χ2v) is 7.18. The van der Waals surface area contributed by atoms with Crippen LogP contribution in [0.4, 0.5) is 8.78 Å². The Morgan fingerprint density at radius 1 is 1.00 bits per heavy atom. The normalized spacial score (nSPS) is 11.1. The molecule has 0 radical (unpaired) electrons. The lowest BCUT2D eigenvalue weighted by molar-refractivity contribution is -0.0498. The second kappa shape index (κ2) is 10.6. The summed E-state index contributed by atoms with van der Waals surface area (Å²) in [4.78, 5) is 12.5. The number of hydrogen-bond acceptors (Lipinski definition) is 4. The van der Waals surface area contributed by atoms with Gasteiger partial charge in [-0.25, -0.2) is 0 Å². The van der Waals surface area contributed by atoms with Crippen LogP contribution in [0.25, 0.3) is 6.08 Å². The minimum absolute atomic E-state index is 0.0605. The van der Waals surface area contributed by atoms with Crippen LogP contribution < -0.4 is 14.2 Å². The molecule has 0 fully saturated rings. The highest BCUT2D eigenvalue weighted by atomic mass is 19.3. The average molecular weight is 438 g/mol. The first-order chi connectivity index (χ1) is 15.4. The molecule has 0 N–H and O–H groups in total. The molecule has 0 saturated heterocycles. The van der Waals surface area contributed by atoms with Gasteiger partial charge in [-0.15, -0.1) is 0 Å². The number of para-hydroxylation sites is 1. The SMILES string of the molecule is COc1ccc(/C=C/C(=O)c2cccc(OC(F)F)c2)cc1COc1c(C)cccc1C. The molecule has 0 bridgehead atoms. The Morgan fingerprint density at radius 3 is 2.41 bits per heavy atom. The van der Waals surface area contributed by atoms with E-state index < -0.39 is 6.61 Å². The number of ether oxygens (including phenoxy) is 3. The van der Waals surface area contributed by atoms with Crippen LogP contribution in [0.2, 0.25) is 0 Å². The fourth-order valence-electron chi connectivity index (χ4n) is 3.29. The van der Waals surface area contributed by atoms with Crippen LogP contribution in [0.5, 0.6) is 17.2 Å². The lowest BCUT2D eigenvalue weighted by atomic mass is 10.1. The van der Waals surface area contributed by atoms with Crippen molar-refractivity contribution >= 4 is 11.9 Å². The Balaban J connectivity index is 1.76. The Bertz CT molecular complexity index is 1100. The van der Waals surface area contributed by atoms with Crippen molar-refractivity contribution in [3.8, 4) is 17.2 Å². The molecular weight excluding hydrogens is 414 g/mol. The summed E-state index contributed by atoms with van der Waals surface area (Å²) < 4.78 is 40.6. The summed E-state index contributed by atoms with van der Waals surface area (Å²) in [6, 6.07) is 17.2. The summed E-state index contributed by atoms with van der Waals surface area (Å²) in [6.07, 6.45) is 3.05. The maximum absolute atomic E-state index is 12.5. The maximum Gasteiger partial charge on any atom is 0.387 e. The van der Waals surface area contributed by atoms with Crippen LogP contribution in [-0.4, -0.2) is 19.5 Å². The van der Waals surface area contributed by atoms with Gasteiger partial charge in [0, 0.05) is 11.1 Å². The molecule has 0 atom stereocenters. The number of halogens is 2. The van der Waals surface area contributed by atoms with E-state index in [0.717, 1.165) is 28.0 Å². The Labute approximate surface area is 186 Å². The Kier molecular flexibility index (Phi) is 7.60. The molecule has 0 unspecified atom stereocenters. The van der Waals surface area contributed by atoms with E-state index in [4.69, 9.17) is 9.47 Å². The van der Waals surface area contributed by atoms with Gasteiger partial charge in [-0.2, -0.15) is 8.78 Å². The molecule has 166 valence electrons.